The maximum atomic E-state index is 5.75. The van der Waals surface area contributed by atoms with Crippen LogP contribution in [0.4, 0.5) is 5.82 Å². The highest BCUT2D eigenvalue weighted by Crippen LogP contribution is 2.31. The van der Waals surface area contributed by atoms with E-state index in [9.17, 15) is 0 Å². The first-order valence-electron chi connectivity index (χ1n) is 8.05. The van der Waals surface area contributed by atoms with Gasteiger partial charge < -0.3 is 10.6 Å². The molecule has 2 aromatic heterocycles. The molecule has 4 nitrogen and oxygen atoms in total. The van der Waals surface area contributed by atoms with E-state index in [0.29, 0.717) is 6.04 Å². The number of hydrogen-bond donors (Lipinski definition) is 1. The molecule has 0 aliphatic heterocycles. The van der Waals surface area contributed by atoms with E-state index < -0.39 is 0 Å². The van der Waals surface area contributed by atoms with Gasteiger partial charge in [-0.25, -0.2) is 9.97 Å². The first-order valence-corrected chi connectivity index (χ1v) is 8.93. The Morgan fingerprint density at radius 3 is 2.76 bits per heavy atom. The van der Waals surface area contributed by atoms with Crippen LogP contribution in [-0.4, -0.2) is 29.1 Å². The van der Waals surface area contributed by atoms with Crippen molar-refractivity contribution >= 4 is 27.4 Å². The van der Waals surface area contributed by atoms with E-state index in [0.717, 1.165) is 30.2 Å². The number of hydrogen-bond acceptors (Lipinski definition) is 5. The Morgan fingerprint density at radius 2 is 2.00 bits per heavy atom. The van der Waals surface area contributed by atoms with Crippen molar-refractivity contribution < 1.29 is 0 Å². The van der Waals surface area contributed by atoms with Crippen LogP contribution < -0.4 is 10.6 Å². The molecule has 0 atom stereocenters. The predicted molar refractivity (Wildman–Crippen MR) is 89.9 cm³/mol. The molecule has 114 valence electrons. The van der Waals surface area contributed by atoms with Gasteiger partial charge in [-0.1, -0.05) is 25.7 Å². The van der Waals surface area contributed by atoms with Crippen LogP contribution in [0.1, 0.15) is 44.9 Å². The Balaban J connectivity index is 1.92. The Labute approximate surface area is 130 Å². The maximum Gasteiger partial charge on any atom is 0.141 e. The number of aromatic nitrogens is 2. The summed E-state index contributed by atoms with van der Waals surface area (Å²) in [6.07, 6.45) is 10.7. The molecule has 0 radical (unpaired) electrons. The summed E-state index contributed by atoms with van der Waals surface area (Å²) in [4.78, 5) is 12.6. The number of rotatable bonds is 5. The number of fused-ring (bicyclic) bond motifs is 1. The molecule has 0 bridgehead atoms. The van der Waals surface area contributed by atoms with Crippen LogP contribution in [0, 0.1) is 0 Å². The molecule has 1 aliphatic carbocycles. The van der Waals surface area contributed by atoms with Gasteiger partial charge in [0.25, 0.3) is 0 Å². The van der Waals surface area contributed by atoms with Gasteiger partial charge in [0.1, 0.15) is 17.0 Å². The zero-order chi connectivity index (χ0) is 14.5. The molecule has 5 heteroatoms. The standard InChI is InChI=1S/C16H24N4S/c17-9-5-10-20(13-6-3-1-2-4-7-13)15-14-8-11-21-16(14)19-12-18-15/h8,11-13H,1-7,9-10,17H2. The Morgan fingerprint density at radius 1 is 1.19 bits per heavy atom. The predicted octanol–water partition coefficient (Wildman–Crippen LogP) is 3.57. The number of nitrogens with two attached hydrogens (primary N) is 1. The van der Waals surface area contributed by atoms with Gasteiger partial charge in [-0.05, 0) is 37.3 Å². The molecular weight excluding hydrogens is 280 g/mol. The topological polar surface area (TPSA) is 55.0 Å². The molecule has 2 aromatic rings. The SMILES string of the molecule is NCCCN(c1ncnc2sccc12)C1CCCCCC1. The fourth-order valence-electron chi connectivity index (χ4n) is 3.30. The van der Waals surface area contributed by atoms with Crippen LogP contribution in [0.3, 0.4) is 0 Å². The molecule has 0 saturated heterocycles. The molecule has 0 aromatic carbocycles. The molecule has 0 unspecified atom stereocenters. The lowest BCUT2D eigenvalue weighted by atomic mass is 10.1. The van der Waals surface area contributed by atoms with Gasteiger partial charge >= 0.3 is 0 Å². The second kappa shape index (κ2) is 7.18. The summed E-state index contributed by atoms with van der Waals surface area (Å²) >= 11 is 1.69. The summed E-state index contributed by atoms with van der Waals surface area (Å²) in [5.74, 6) is 1.11. The lowest BCUT2D eigenvalue weighted by molar-refractivity contribution is 0.516. The van der Waals surface area contributed by atoms with Crippen molar-refractivity contribution in [3.63, 3.8) is 0 Å². The first kappa shape index (κ1) is 14.7. The van der Waals surface area contributed by atoms with Gasteiger partial charge in [0.15, 0.2) is 0 Å². The minimum absolute atomic E-state index is 0.608. The van der Waals surface area contributed by atoms with Gasteiger partial charge in [0.2, 0.25) is 0 Å². The highest BCUT2D eigenvalue weighted by Gasteiger charge is 2.23. The third-order valence-electron chi connectivity index (χ3n) is 4.38. The van der Waals surface area contributed by atoms with Crippen molar-refractivity contribution in [3.05, 3.63) is 17.8 Å². The zero-order valence-electron chi connectivity index (χ0n) is 12.5. The quantitative estimate of drug-likeness (QED) is 0.858. The molecular formula is C16H24N4S. The van der Waals surface area contributed by atoms with Crippen molar-refractivity contribution in [1.82, 2.24) is 9.97 Å². The fourth-order valence-corrected chi connectivity index (χ4v) is 4.03. The van der Waals surface area contributed by atoms with Crippen molar-refractivity contribution in [2.45, 2.75) is 51.0 Å². The molecule has 3 rings (SSSR count). The Hall–Kier alpha value is -1.20. The van der Waals surface area contributed by atoms with Gasteiger partial charge in [-0.15, -0.1) is 11.3 Å². The monoisotopic (exact) mass is 304 g/mol. The van der Waals surface area contributed by atoms with E-state index in [1.807, 2.05) is 0 Å². The summed E-state index contributed by atoms with van der Waals surface area (Å²) in [5, 5.41) is 3.31. The van der Waals surface area contributed by atoms with Gasteiger partial charge in [0.05, 0.1) is 5.39 Å². The van der Waals surface area contributed by atoms with Crippen molar-refractivity contribution in [3.8, 4) is 0 Å². The summed E-state index contributed by atoms with van der Waals surface area (Å²) in [6.45, 7) is 1.74. The second-order valence-electron chi connectivity index (χ2n) is 5.82. The molecule has 1 aliphatic rings. The Bertz CT molecular complexity index is 560. The van der Waals surface area contributed by atoms with Gasteiger partial charge in [-0.2, -0.15) is 0 Å². The first-order chi connectivity index (χ1) is 10.4. The minimum atomic E-state index is 0.608. The lowest BCUT2D eigenvalue weighted by Crippen LogP contribution is -2.37. The highest BCUT2D eigenvalue weighted by atomic mass is 32.1. The van der Waals surface area contributed by atoms with Crippen LogP contribution in [-0.2, 0) is 0 Å². The highest BCUT2D eigenvalue weighted by molar-refractivity contribution is 7.16. The number of nitrogens with zero attached hydrogens (tertiary/aromatic N) is 3. The van der Waals surface area contributed by atoms with E-state index >= 15 is 0 Å². The van der Waals surface area contributed by atoms with Crippen molar-refractivity contribution in [2.24, 2.45) is 5.73 Å². The average molecular weight is 304 g/mol. The molecule has 2 N–H and O–H groups in total. The number of thiophene rings is 1. The summed E-state index contributed by atoms with van der Waals surface area (Å²) < 4.78 is 0. The third-order valence-corrected chi connectivity index (χ3v) is 5.20. The van der Waals surface area contributed by atoms with Crippen LogP contribution in [0.15, 0.2) is 17.8 Å². The van der Waals surface area contributed by atoms with E-state index in [1.165, 1.54) is 43.9 Å². The van der Waals surface area contributed by atoms with Crippen LogP contribution in [0.25, 0.3) is 10.2 Å². The lowest BCUT2D eigenvalue weighted by Gasteiger charge is -2.32. The fraction of sp³-hybridized carbons (Fsp3) is 0.625. The van der Waals surface area contributed by atoms with Crippen LogP contribution in [0.2, 0.25) is 0 Å². The normalized spacial score (nSPS) is 17.0. The average Bonchev–Trinajstić information content (AvgIpc) is 2.84. The summed E-state index contributed by atoms with van der Waals surface area (Å²) in [6, 6.07) is 2.76. The van der Waals surface area contributed by atoms with Crippen LogP contribution >= 0.6 is 11.3 Å². The van der Waals surface area contributed by atoms with E-state index in [1.54, 1.807) is 17.7 Å². The molecule has 0 amide bonds. The van der Waals surface area contributed by atoms with Crippen LogP contribution in [0.5, 0.6) is 0 Å². The van der Waals surface area contributed by atoms with Gasteiger partial charge in [0, 0.05) is 12.6 Å². The molecule has 2 heterocycles. The van der Waals surface area contributed by atoms with Gasteiger partial charge in [-0.3, -0.25) is 0 Å². The molecule has 21 heavy (non-hydrogen) atoms. The van der Waals surface area contributed by atoms with E-state index in [2.05, 4.69) is 26.3 Å². The molecule has 1 saturated carbocycles. The smallest absolute Gasteiger partial charge is 0.141 e. The minimum Gasteiger partial charge on any atom is -0.353 e. The molecule has 0 spiro atoms. The van der Waals surface area contributed by atoms with Crippen molar-refractivity contribution in [1.29, 1.82) is 0 Å². The zero-order valence-corrected chi connectivity index (χ0v) is 13.3. The summed E-state index contributed by atoms with van der Waals surface area (Å²) in [7, 11) is 0. The maximum absolute atomic E-state index is 5.75. The second-order valence-corrected chi connectivity index (χ2v) is 6.71. The number of anilines is 1. The van der Waals surface area contributed by atoms with E-state index in [-0.39, 0.29) is 0 Å². The van der Waals surface area contributed by atoms with Crippen molar-refractivity contribution in [2.75, 3.05) is 18.0 Å². The van der Waals surface area contributed by atoms with E-state index in [4.69, 9.17) is 5.73 Å². The summed E-state index contributed by atoms with van der Waals surface area (Å²) in [5.41, 5.74) is 5.75. The Kier molecular flexibility index (Phi) is 5.04. The molecule has 1 fully saturated rings. The third kappa shape index (κ3) is 3.35. The largest absolute Gasteiger partial charge is 0.353 e.